The molecular formula is C29H32F3N7O3. The van der Waals surface area contributed by atoms with Crippen molar-refractivity contribution < 1.29 is 27.4 Å². The van der Waals surface area contributed by atoms with Gasteiger partial charge < -0.3 is 29.9 Å². The lowest BCUT2D eigenvalue weighted by Gasteiger charge is -2.25. The molecule has 0 saturated carbocycles. The zero-order valence-corrected chi connectivity index (χ0v) is 23.0. The van der Waals surface area contributed by atoms with Gasteiger partial charge in [0.05, 0.1) is 6.61 Å². The maximum atomic E-state index is 13.3. The van der Waals surface area contributed by atoms with Crippen LogP contribution in [-0.4, -0.2) is 82.8 Å². The summed E-state index contributed by atoms with van der Waals surface area (Å²) in [6.45, 7) is 3.82. The quantitative estimate of drug-likeness (QED) is 0.452. The summed E-state index contributed by atoms with van der Waals surface area (Å²) in [5.41, 5.74) is 2.16. The van der Waals surface area contributed by atoms with Crippen LogP contribution in [0.3, 0.4) is 0 Å². The number of carbonyl (C=O) groups is 1. The first-order valence-corrected chi connectivity index (χ1v) is 14.0. The number of benzene rings is 2. The molecule has 6 aliphatic rings. The van der Waals surface area contributed by atoms with Crippen molar-refractivity contribution >= 4 is 23.5 Å². The lowest BCUT2D eigenvalue weighted by Crippen LogP contribution is -2.34. The highest BCUT2D eigenvalue weighted by Crippen LogP contribution is 2.40. The molecule has 222 valence electrons. The number of hydrogen-bond donors (Lipinski definition) is 2. The molecule has 1 amide bonds. The molecule has 10 nitrogen and oxygen atoms in total. The molecule has 1 spiro atoms. The molecule has 2 N–H and O–H groups in total. The molecule has 2 fully saturated rings. The van der Waals surface area contributed by atoms with Gasteiger partial charge in [0, 0.05) is 49.4 Å². The number of aromatic nitrogens is 3. The van der Waals surface area contributed by atoms with Gasteiger partial charge >= 0.3 is 12.2 Å². The third kappa shape index (κ3) is 6.84. The second-order valence-corrected chi connectivity index (χ2v) is 11.1. The summed E-state index contributed by atoms with van der Waals surface area (Å²) in [7, 11) is 0. The van der Waals surface area contributed by atoms with Gasteiger partial charge in [0.1, 0.15) is 5.75 Å². The van der Waals surface area contributed by atoms with E-state index in [9.17, 15) is 18.0 Å². The van der Waals surface area contributed by atoms with Gasteiger partial charge in [-0.1, -0.05) is 12.1 Å². The monoisotopic (exact) mass is 583 g/mol. The van der Waals surface area contributed by atoms with Crippen LogP contribution in [0.2, 0.25) is 0 Å². The molecule has 0 radical (unpaired) electrons. The van der Waals surface area contributed by atoms with Gasteiger partial charge in [-0.15, -0.1) is 0 Å². The molecule has 9 bridgehead atoms. The average Bonchev–Trinajstić information content (AvgIpc) is 3.59. The molecular weight excluding hydrogens is 551 g/mol. The molecule has 6 aliphatic heterocycles. The van der Waals surface area contributed by atoms with E-state index in [-0.39, 0.29) is 23.2 Å². The van der Waals surface area contributed by atoms with E-state index in [4.69, 9.17) is 9.47 Å². The van der Waals surface area contributed by atoms with E-state index in [0.717, 1.165) is 63.3 Å². The topological polar surface area (TPSA) is 105 Å². The van der Waals surface area contributed by atoms with Crippen LogP contribution < -0.4 is 20.1 Å². The number of alkyl halides is 3. The number of hydrogen-bond acceptors (Lipinski definition) is 9. The minimum Gasteiger partial charge on any atom is -0.494 e. The largest absolute Gasteiger partial charge is 0.494 e. The van der Waals surface area contributed by atoms with Crippen molar-refractivity contribution in [1.29, 1.82) is 0 Å². The second kappa shape index (κ2) is 11.6. The Labute approximate surface area is 241 Å². The van der Waals surface area contributed by atoms with Gasteiger partial charge in [0.25, 0.3) is 5.91 Å². The zero-order chi connectivity index (χ0) is 29.2. The van der Waals surface area contributed by atoms with Crippen LogP contribution in [0.4, 0.5) is 30.8 Å². The number of ether oxygens (including phenoxy) is 2. The normalized spacial score (nSPS) is 22.7. The van der Waals surface area contributed by atoms with Crippen molar-refractivity contribution in [2.75, 3.05) is 56.6 Å². The summed E-state index contributed by atoms with van der Waals surface area (Å²) >= 11 is 0. The Morgan fingerprint density at radius 3 is 2.48 bits per heavy atom. The van der Waals surface area contributed by atoms with Crippen LogP contribution in [0.5, 0.6) is 11.8 Å². The molecule has 2 atom stereocenters. The van der Waals surface area contributed by atoms with Crippen molar-refractivity contribution in [2.45, 2.75) is 32.0 Å². The van der Waals surface area contributed by atoms with E-state index in [1.54, 1.807) is 24.3 Å². The minimum atomic E-state index is -4.55. The average molecular weight is 584 g/mol. The van der Waals surface area contributed by atoms with Crippen LogP contribution in [-0.2, 0) is 6.54 Å². The Hall–Kier alpha value is -4.13. The maximum absolute atomic E-state index is 13.3. The number of halogens is 3. The molecule has 3 aromatic rings. The molecule has 2 aromatic carbocycles. The summed E-state index contributed by atoms with van der Waals surface area (Å²) in [4.78, 5) is 30.0. The Kier molecular flexibility index (Phi) is 7.76. The van der Waals surface area contributed by atoms with Crippen LogP contribution >= 0.6 is 0 Å². The standard InChI is InChI=1S/C29H32F3N7O3/c30-29(31,32)19-42-27-36-25-33-16-20-2-8-23(9-3-20)41-15-1-12-38-13-10-28(17-38)11-14-39(18-28)24(40)21-4-6-22(7-5-21)34-26(35-25)37-27/h2-9H,1,10-19H2,(H2,33,34,35,36,37). The van der Waals surface area contributed by atoms with Gasteiger partial charge in [-0.05, 0) is 67.8 Å². The van der Waals surface area contributed by atoms with Gasteiger partial charge in [0.2, 0.25) is 11.9 Å². The molecule has 7 heterocycles. The Balaban J connectivity index is 1.25. The molecule has 2 saturated heterocycles. The lowest BCUT2D eigenvalue weighted by atomic mass is 9.86. The second-order valence-electron chi connectivity index (χ2n) is 11.1. The highest BCUT2D eigenvalue weighted by molar-refractivity contribution is 5.94. The minimum absolute atomic E-state index is 0.00534. The van der Waals surface area contributed by atoms with E-state index in [2.05, 4.69) is 30.5 Å². The van der Waals surface area contributed by atoms with Crippen LogP contribution in [0.1, 0.15) is 35.2 Å². The molecule has 9 rings (SSSR count). The third-order valence-corrected chi connectivity index (χ3v) is 7.87. The first-order valence-electron chi connectivity index (χ1n) is 14.0. The van der Waals surface area contributed by atoms with E-state index in [0.29, 0.717) is 24.4 Å². The first kappa shape index (κ1) is 28.0. The smallest absolute Gasteiger partial charge is 0.422 e. The summed E-state index contributed by atoms with van der Waals surface area (Å²) < 4.78 is 49.2. The van der Waals surface area contributed by atoms with E-state index in [1.165, 1.54) is 0 Å². The number of nitrogens with one attached hydrogen (secondary N) is 2. The fraction of sp³-hybridized carbons (Fsp3) is 0.448. The molecule has 42 heavy (non-hydrogen) atoms. The Morgan fingerprint density at radius 2 is 1.69 bits per heavy atom. The fourth-order valence-corrected chi connectivity index (χ4v) is 5.73. The predicted molar refractivity (Wildman–Crippen MR) is 149 cm³/mol. The van der Waals surface area contributed by atoms with Crippen molar-refractivity contribution in [1.82, 2.24) is 24.8 Å². The number of nitrogens with zero attached hydrogens (tertiary/aromatic N) is 5. The van der Waals surface area contributed by atoms with Gasteiger partial charge in [-0.3, -0.25) is 4.79 Å². The number of rotatable bonds is 2. The Bertz CT molecular complexity index is 1410. The summed E-state index contributed by atoms with van der Waals surface area (Å²) in [6.07, 6.45) is -1.57. The number of carbonyl (C=O) groups excluding carboxylic acids is 1. The first-order chi connectivity index (χ1) is 20.2. The van der Waals surface area contributed by atoms with E-state index < -0.39 is 18.8 Å². The van der Waals surface area contributed by atoms with Crippen molar-refractivity contribution in [3.8, 4) is 11.8 Å². The van der Waals surface area contributed by atoms with Gasteiger partial charge in [-0.2, -0.15) is 28.1 Å². The number of amides is 1. The summed E-state index contributed by atoms with van der Waals surface area (Å²) in [6, 6.07) is 14.0. The summed E-state index contributed by atoms with van der Waals surface area (Å²) in [5.74, 6) is 0.782. The zero-order valence-electron chi connectivity index (χ0n) is 23.0. The molecule has 2 unspecified atom stereocenters. The third-order valence-electron chi connectivity index (χ3n) is 7.87. The highest BCUT2D eigenvalue weighted by atomic mass is 19.4. The number of anilines is 3. The Morgan fingerprint density at radius 1 is 0.929 bits per heavy atom. The van der Waals surface area contributed by atoms with Crippen LogP contribution in [0.15, 0.2) is 48.5 Å². The van der Waals surface area contributed by atoms with Crippen molar-refractivity contribution in [2.24, 2.45) is 5.41 Å². The molecule has 1 aromatic heterocycles. The van der Waals surface area contributed by atoms with Crippen LogP contribution in [0, 0.1) is 5.41 Å². The summed E-state index contributed by atoms with van der Waals surface area (Å²) in [5, 5.41) is 6.00. The predicted octanol–water partition coefficient (Wildman–Crippen LogP) is 4.49. The SMILES string of the molecule is O=C1c2ccc(cc2)Nc2nc(nc(OCC(F)(F)F)n2)NCc2ccc(cc2)OCCCN2CCC3(CCN1C3)C2. The molecule has 0 aliphatic carbocycles. The van der Waals surface area contributed by atoms with E-state index in [1.807, 2.05) is 29.2 Å². The van der Waals surface area contributed by atoms with Gasteiger partial charge in [0.15, 0.2) is 6.61 Å². The molecule has 13 heteroatoms. The maximum Gasteiger partial charge on any atom is 0.422 e. The fourth-order valence-electron chi connectivity index (χ4n) is 5.73. The highest BCUT2D eigenvalue weighted by Gasteiger charge is 2.44. The van der Waals surface area contributed by atoms with E-state index >= 15 is 0 Å². The van der Waals surface area contributed by atoms with Gasteiger partial charge in [-0.25, -0.2) is 0 Å². The van der Waals surface area contributed by atoms with Crippen molar-refractivity contribution in [3.05, 3.63) is 59.7 Å². The lowest BCUT2D eigenvalue weighted by molar-refractivity contribution is -0.154. The van der Waals surface area contributed by atoms with Crippen molar-refractivity contribution in [3.63, 3.8) is 0 Å². The van der Waals surface area contributed by atoms with Crippen LogP contribution in [0.25, 0.3) is 0 Å².